The van der Waals surface area contributed by atoms with Crippen molar-refractivity contribution in [3.8, 4) is 0 Å². The first-order valence-electron chi connectivity index (χ1n) is 6.17. The largest absolute Gasteiger partial charge is 0.308 e. The van der Waals surface area contributed by atoms with Crippen molar-refractivity contribution < 1.29 is 0 Å². The van der Waals surface area contributed by atoms with Crippen LogP contribution in [0, 0.1) is 0 Å². The summed E-state index contributed by atoms with van der Waals surface area (Å²) in [5.41, 5.74) is 2.04. The summed E-state index contributed by atoms with van der Waals surface area (Å²) >= 11 is 6.12. The summed E-state index contributed by atoms with van der Waals surface area (Å²) in [6, 6.07) is 8.50. The molecular formula is C13H15ClN4. The lowest BCUT2D eigenvalue weighted by atomic mass is 10.2. The number of rotatable bonds is 5. The van der Waals surface area contributed by atoms with Gasteiger partial charge >= 0.3 is 0 Å². The van der Waals surface area contributed by atoms with E-state index in [-0.39, 0.29) is 0 Å². The molecule has 4 nitrogen and oxygen atoms in total. The van der Waals surface area contributed by atoms with E-state index in [1.165, 1.54) is 12.8 Å². The molecule has 0 aliphatic heterocycles. The second-order valence-electron chi connectivity index (χ2n) is 4.65. The molecule has 1 aliphatic carbocycles. The molecule has 0 radical (unpaired) electrons. The topological polar surface area (TPSA) is 42.7 Å². The van der Waals surface area contributed by atoms with Crippen LogP contribution in [0.3, 0.4) is 0 Å². The molecule has 3 rings (SSSR count). The van der Waals surface area contributed by atoms with Crippen LogP contribution >= 0.6 is 11.6 Å². The summed E-state index contributed by atoms with van der Waals surface area (Å²) in [4.78, 5) is 0. The first kappa shape index (κ1) is 11.7. The molecule has 0 unspecified atom stereocenters. The maximum absolute atomic E-state index is 6.12. The molecule has 2 aromatic rings. The fourth-order valence-electron chi connectivity index (χ4n) is 1.83. The zero-order valence-corrected chi connectivity index (χ0v) is 10.8. The molecule has 0 spiro atoms. The minimum atomic E-state index is 0.663. The van der Waals surface area contributed by atoms with Crippen LogP contribution in [0.25, 0.3) is 0 Å². The third-order valence-electron chi connectivity index (χ3n) is 3.03. The van der Waals surface area contributed by atoms with Gasteiger partial charge in [0.1, 0.15) is 0 Å². The molecule has 1 heterocycles. The average molecular weight is 263 g/mol. The molecule has 1 fully saturated rings. The van der Waals surface area contributed by atoms with E-state index in [1.807, 2.05) is 35.1 Å². The Hall–Kier alpha value is -1.39. The highest BCUT2D eigenvalue weighted by Gasteiger charge is 2.20. The Labute approximate surface area is 111 Å². The number of hydrogen-bond acceptors (Lipinski definition) is 3. The molecule has 5 heteroatoms. The molecule has 1 aliphatic rings. The molecule has 1 aromatic heterocycles. The van der Waals surface area contributed by atoms with Crippen LogP contribution in [-0.4, -0.2) is 21.0 Å². The van der Waals surface area contributed by atoms with Crippen molar-refractivity contribution in [3.63, 3.8) is 0 Å². The molecule has 1 saturated carbocycles. The Kier molecular flexibility index (Phi) is 3.30. The van der Waals surface area contributed by atoms with Gasteiger partial charge in [-0.3, -0.25) is 0 Å². The first-order valence-corrected chi connectivity index (χ1v) is 6.55. The Bertz CT molecular complexity index is 533. The molecular weight excluding hydrogens is 248 g/mol. The van der Waals surface area contributed by atoms with E-state index >= 15 is 0 Å². The van der Waals surface area contributed by atoms with E-state index in [1.54, 1.807) is 0 Å². The van der Waals surface area contributed by atoms with Crippen molar-refractivity contribution in [2.24, 2.45) is 0 Å². The van der Waals surface area contributed by atoms with Gasteiger partial charge in [0.25, 0.3) is 0 Å². The summed E-state index contributed by atoms with van der Waals surface area (Å²) in [5.74, 6) is 0. The number of aromatic nitrogens is 3. The van der Waals surface area contributed by atoms with Crippen LogP contribution < -0.4 is 5.32 Å². The summed E-state index contributed by atoms with van der Waals surface area (Å²) < 4.78 is 1.82. The minimum absolute atomic E-state index is 0.663. The van der Waals surface area contributed by atoms with Crippen LogP contribution in [0.4, 0.5) is 0 Å². The Balaban J connectivity index is 1.63. The number of nitrogens with zero attached hydrogens (tertiary/aromatic N) is 3. The van der Waals surface area contributed by atoms with Crippen molar-refractivity contribution in [1.29, 1.82) is 0 Å². The summed E-state index contributed by atoms with van der Waals surface area (Å²) in [6.07, 6.45) is 4.54. The van der Waals surface area contributed by atoms with E-state index in [4.69, 9.17) is 11.6 Å². The molecule has 18 heavy (non-hydrogen) atoms. The van der Waals surface area contributed by atoms with Gasteiger partial charge in [0, 0.05) is 17.6 Å². The third kappa shape index (κ3) is 2.89. The quantitative estimate of drug-likeness (QED) is 0.899. The molecule has 1 aromatic carbocycles. The number of halogens is 1. The van der Waals surface area contributed by atoms with Gasteiger partial charge in [-0.1, -0.05) is 35.0 Å². The first-order chi connectivity index (χ1) is 8.81. The summed E-state index contributed by atoms with van der Waals surface area (Å²) in [6.45, 7) is 1.46. The second-order valence-corrected chi connectivity index (χ2v) is 5.06. The van der Waals surface area contributed by atoms with E-state index in [0.717, 1.165) is 22.8 Å². The SMILES string of the molecule is Clc1ccccc1Cn1cc(CNC2CC2)nn1. The predicted octanol–water partition coefficient (Wildman–Crippen LogP) is 2.23. The average Bonchev–Trinajstić information content (AvgIpc) is 3.10. The zero-order chi connectivity index (χ0) is 12.4. The molecule has 0 amide bonds. The van der Waals surface area contributed by atoms with Crippen molar-refractivity contribution in [1.82, 2.24) is 20.3 Å². The zero-order valence-electron chi connectivity index (χ0n) is 10.0. The third-order valence-corrected chi connectivity index (χ3v) is 3.39. The van der Waals surface area contributed by atoms with Crippen LogP contribution in [0.5, 0.6) is 0 Å². The van der Waals surface area contributed by atoms with E-state index in [9.17, 15) is 0 Å². The lowest BCUT2D eigenvalue weighted by Gasteiger charge is -2.02. The highest BCUT2D eigenvalue weighted by molar-refractivity contribution is 6.31. The smallest absolute Gasteiger partial charge is 0.0965 e. The van der Waals surface area contributed by atoms with Crippen molar-refractivity contribution in [3.05, 3.63) is 46.7 Å². The molecule has 0 saturated heterocycles. The summed E-state index contributed by atoms with van der Waals surface area (Å²) in [5, 5.41) is 12.5. The highest BCUT2D eigenvalue weighted by atomic mass is 35.5. The Morgan fingerprint density at radius 1 is 1.33 bits per heavy atom. The van der Waals surface area contributed by atoms with Crippen LogP contribution in [-0.2, 0) is 13.1 Å². The monoisotopic (exact) mass is 262 g/mol. The molecule has 1 N–H and O–H groups in total. The predicted molar refractivity (Wildman–Crippen MR) is 70.4 cm³/mol. The van der Waals surface area contributed by atoms with Crippen LogP contribution in [0.2, 0.25) is 5.02 Å². The fourth-order valence-corrected chi connectivity index (χ4v) is 2.03. The van der Waals surface area contributed by atoms with E-state index < -0.39 is 0 Å². The normalized spacial score (nSPS) is 14.9. The standard InChI is InChI=1S/C13H15ClN4/c14-13-4-2-1-3-10(13)8-18-9-12(16-17-18)7-15-11-5-6-11/h1-4,9,11,15H,5-8H2. The lowest BCUT2D eigenvalue weighted by Crippen LogP contribution is -2.15. The van der Waals surface area contributed by atoms with Gasteiger partial charge in [-0.05, 0) is 24.5 Å². The molecule has 94 valence electrons. The van der Waals surface area contributed by atoms with Crippen molar-refractivity contribution in [2.45, 2.75) is 32.0 Å². The van der Waals surface area contributed by atoms with Gasteiger partial charge in [0.15, 0.2) is 0 Å². The number of hydrogen-bond donors (Lipinski definition) is 1. The van der Waals surface area contributed by atoms with Gasteiger partial charge in [-0.25, -0.2) is 4.68 Å². The van der Waals surface area contributed by atoms with Gasteiger partial charge in [0.2, 0.25) is 0 Å². The maximum atomic E-state index is 6.12. The van der Waals surface area contributed by atoms with Crippen molar-refractivity contribution in [2.75, 3.05) is 0 Å². The maximum Gasteiger partial charge on any atom is 0.0965 e. The minimum Gasteiger partial charge on any atom is -0.308 e. The van der Waals surface area contributed by atoms with Gasteiger partial charge in [-0.2, -0.15) is 0 Å². The number of benzene rings is 1. The Morgan fingerprint density at radius 3 is 2.94 bits per heavy atom. The lowest BCUT2D eigenvalue weighted by molar-refractivity contribution is 0.646. The van der Waals surface area contributed by atoms with Crippen molar-refractivity contribution >= 4 is 11.6 Å². The van der Waals surface area contributed by atoms with E-state index in [0.29, 0.717) is 12.6 Å². The Morgan fingerprint density at radius 2 is 2.17 bits per heavy atom. The van der Waals surface area contributed by atoms with Crippen LogP contribution in [0.15, 0.2) is 30.5 Å². The summed E-state index contributed by atoms with van der Waals surface area (Å²) in [7, 11) is 0. The van der Waals surface area contributed by atoms with Gasteiger partial charge < -0.3 is 5.32 Å². The van der Waals surface area contributed by atoms with Crippen LogP contribution in [0.1, 0.15) is 24.1 Å². The second kappa shape index (κ2) is 5.08. The van der Waals surface area contributed by atoms with Gasteiger partial charge in [-0.15, -0.1) is 5.10 Å². The fraction of sp³-hybridized carbons (Fsp3) is 0.385. The highest BCUT2D eigenvalue weighted by Crippen LogP contribution is 2.19. The molecule has 0 bridgehead atoms. The molecule has 0 atom stereocenters. The van der Waals surface area contributed by atoms with E-state index in [2.05, 4.69) is 15.6 Å². The van der Waals surface area contributed by atoms with Gasteiger partial charge in [0.05, 0.1) is 18.4 Å². The number of nitrogens with one attached hydrogen (secondary N) is 1.